The largest absolute Gasteiger partial charge is 0.493 e. The van der Waals surface area contributed by atoms with Gasteiger partial charge in [-0.2, -0.15) is 0 Å². The van der Waals surface area contributed by atoms with Crippen LogP contribution in [0.4, 0.5) is 0 Å². The molecule has 1 unspecified atom stereocenters. The van der Waals surface area contributed by atoms with Gasteiger partial charge in [-0.15, -0.1) is 10.2 Å². The smallest absolute Gasteiger partial charge is 0.233 e. The van der Waals surface area contributed by atoms with Gasteiger partial charge in [0.15, 0.2) is 22.5 Å². The molecule has 180 valence electrons. The van der Waals surface area contributed by atoms with E-state index in [4.69, 9.17) is 9.47 Å². The molecule has 0 aliphatic heterocycles. The molecule has 1 amide bonds. The van der Waals surface area contributed by atoms with Crippen molar-refractivity contribution in [2.24, 2.45) is 0 Å². The van der Waals surface area contributed by atoms with Gasteiger partial charge >= 0.3 is 0 Å². The lowest BCUT2D eigenvalue weighted by Gasteiger charge is -2.15. The van der Waals surface area contributed by atoms with Crippen molar-refractivity contribution in [1.82, 2.24) is 25.1 Å². The molecule has 0 spiro atoms. The maximum absolute atomic E-state index is 12.9. The molecule has 4 rings (SSSR count). The van der Waals surface area contributed by atoms with Crippen molar-refractivity contribution < 1.29 is 14.3 Å². The minimum atomic E-state index is -0.395. The Balaban J connectivity index is 1.53. The topological polar surface area (TPSA) is 91.2 Å². The summed E-state index contributed by atoms with van der Waals surface area (Å²) in [5.74, 6) is 1.86. The van der Waals surface area contributed by atoms with Gasteiger partial charge in [0, 0.05) is 30.2 Å². The van der Waals surface area contributed by atoms with Crippen molar-refractivity contribution >= 4 is 17.7 Å². The number of hydrogen-bond donors (Lipinski definition) is 1. The Morgan fingerprint density at radius 1 is 1.00 bits per heavy atom. The monoisotopic (exact) mass is 489 g/mol. The second-order valence-electron chi connectivity index (χ2n) is 7.88. The maximum Gasteiger partial charge on any atom is 0.233 e. The van der Waals surface area contributed by atoms with Gasteiger partial charge in [-0.05, 0) is 55.8 Å². The average Bonchev–Trinajstić information content (AvgIpc) is 3.31. The Labute approximate surface area is 208 Å². The van der Waals surface area contributed by atoms with E-state index in [2.05, 4.69) is 20.5 Å². The van der Waals surface area contributed by atoms with Crippen LogP contribution in [0.15, 0.2) is 72.1 Å². The lowest BCUT2D eigenvalue weighted by Crippen LogP contribution is -2.30. The predicted molar refractivity (Wildman–Crippen MR) is 136 cm³/mol. The number of carbonyl (C=O) groups excluding carboxylic acids is 1. The number of methoxy groups -OCH3 is 2. The van der Waals surface area contributed by atoms with E-state index in [0.29, 0.717) is 29.0 Å². The van der Waals surface area contributed by atoms with Gasteiger partial charge in [0.2, 0.25) is 5.91 Å². The number of aromatic nitrogens is 4. The Kier molecular flexibility index (Phi) is 7.67. The summed E-state index contributed by atoms with van der Waals surface area (Å²) in [6.07, 6.45) is 3.45. The Hall–Kier alpha value is -3.85. The number of amides is 1. The van der Waals surface area contributed by atoms with Gasteiger partial charge in [-0.1, -0.05) is 35.5 Å². The second kappa shape index (κ2) is 11.1. The molecule has 0 radical (unpaired) electrons. The first-order valence-corrected chi connectivity index (χ1v) is 12.0. The third kappa shape index (κ3) is 5.63. The number of pyridine rings is 1. The standard InChI is InChI=1S/C26H27N5O3S/c1-17-5-8-21(9-6-17)31-24(20-11-13-27-14-12-20)29-30-26(31)35-18(2)25(32)28-16-19-7-10-22(33-3)23(15-19)34-4/h5-15,18H,16H2,1-4H3,(H,28,32). The number of nitrogens with zero attached hydrogens (tertiary/aromatic N) is 4. The van der Waals surface area contributed by atoms with Crippen LogP contribution in [0.1, 0.15) is 18.1 Å². The minimum Gasteiger partial charge on any atom is -0.493 e. The lowest BCUT2D eigenvalue weighted by atomic mass is 10.2. The summed E-state index contributed by atoms with van der Waals surface area (Å²) in [7, 11) is 3.18. The van der Waals surface area contributed by atoms with Gasteiger partial charge < -0.3 is 14.8 Å². The van der Waals surface area contributed by atoms with Gasteiger partial charge in [-0.3, -0.25) is 14.3 Å². The molecule has 0 bridgehead atoms. The summed E-state index contributed by atoms with van der Waals surface area (Å²) in [5, 5.41) is 12.1. The summed E-state index contributed by atoms with van der Waals surface area (Å²) in [5.41, 5.74) is 3.89. The van der Waals surface area contributed by atoms with Crippen molar-refractivity contribution in [3.05, 3.63) is 78.1 Å². The molecule has 0 aliphatic rings. The van der Waals surface area contributed by atoms with Crippen molar-refractivity contribution in [3.8, 4) is 28.6 Å². The molecule has 0 fully saturated rings. The fourth-order valence-electron chi connectivity index (χ4n) is 3.50. The van der Waals surface area contributed by atoms with Crippen LogP contribution in [0.5, 0.6) is 11.5 Å². The molecule has 2 aromatic carbocycles. The molecule has 4 aromatic rings. The molecule has 1 N–H and O–H groups in total. The number of thioether (sulfide) groups is 1. The van der Waals surface area contributed by atoms with E-state index >= 15 is 0 Å². The normalized spacial score (nSPS) is 11.7. The molecule has 9 heteroatoms. The van der Waals surface area contributed by atoms with Crippen molar-refractivity contribution in [2.45, 2.75) is 30.8 Å². The van der Waals surface area contributed by atoms with Crippen molar-refractivity contribution in [1.29, 1.82) is 0 Å². The molecule has 1 atom stereocenters. The van der Waals surface area contributed by atoms with Crippen molar-refractivity contribution in [2.75, 3.05) is 14.2 Å². The first-order chi connectivity index (χ1) is 17.0. The highest BCUT2D eigenvalue weighted by molar-refractivity contribution is 8.00. The summed E-state index contributed by atoms with van der Waals surface area (Å²) < 4.78 is 12.6. The predicted octanol–water partition coefficient (Wildman–Crippen LogP) is 4.45. The van der Waals surface area contributed by atoms with Crippen LogP contribution in [0.25, 0.3) is 17.1 Å². The average molecular weight is 490 g/mol. The Bertz CT molecular complexity index is 1290. The number of rotatable bonds is 9. The lowest BCUT2D eigenvalue weighted by molar-refractivity contribution is -0.120. The fourth-order valence-corrected chi connectivity index (χ4v) is 4.39. The molecular weight excluding hydrogens is 462 g/mol. The molecule has 0 aliphatic carbocycles. The molecule has 0 saturated heterocycles. The van der Waals surface area contributed by atoms with E-state index in [0.717, 1.165) is 22.4 Å². The van der Waals surface area contributed by atoms with Crippen molar-refractivity contribution in [3.63, 3.8) is 0 Å². The van der Waals surface area contributed by atoms with Gasteiger partial charge in [0.1, 0.15) is 0 Å². The highest BCUT2D eigenvalue weighted by Gasteiger charge is 2.22. The molecule has 0 saturated carbocycles. The van der Waals surface area contributed by atoms with Crippen LogP contribution in [-0.4, -0.2) is 45.1 Å². The van der Waals surface area contributed by atoms with Gasteiger partial charge in [0.25, 0.3) is 0 Å². The number of benzene rings is 2. The zero-order valence-electron chi connectivity index (χ0n) is 20.1. The zero-order valence-corrected chi connectivity index (χ0v) is 20.9. The SMILES string of the molecule is COc1ccc(CNC(=O)C(C)Sc2nnc(-c3ccncc3)n2-c2ccc(C)cc2)cc1OC. The quantitative estimate of drug-likeness (QED) is 0.347. The van der Waals surface area contributed by atoms with Crippen LogP contribution in [0.2, 0.25) is 0 Å². The number of aryl methyl sites for hydroxylation is 1. The number of nitrogens with one attached hydrogen (secondary N) is 1. The fraction of sp³-hybridized carbons (Fsp3) is 0.231. The first kappa shape index (κ1) is 24.3. The van der Waals surface area contributed by atoms with E-state index < -0.39 is 5.25 Å². The molecule has 2 heterocycles. The molecule has 8 nitrogen and oxygen atoms in total. The van der Waals surface area contributed by atoms with E-state index in [1.165, 1.54) is 11.8 Å². The van der Waals surface area contributed by atoms with Crippen LogP contribution in [-0.2, 0) is 11.3 Å². The molecule has 35 heavy (non-hydrogen) atoms. The second-order valence-corrected chi connectivity index (χ2v) is 9.19. The summed E-state index contributed by atoms with van der Waals surface area (Å²) in [6.45, 7) is 4.27. The highest BCUT2D eigenvalue weighted by atomic mass is 32.2. The Morgan fingerprint density at radius 2 is 1.71 bits per heavy atom. The van der Waals surface area contributed by atoms with Crippen LogP contribution in [0, 0.1) is 6.92 Å². The summed E-state index contributed by atoms with van der Waals surface area (Å²) in [4.78, 5) is 17.0. The first-order valence-electron chi connectivity index (χ1n) is 11.1. The summed E-state index contributed by atoms with van der Waals surface area (Å²) in [6, 6.07) is 17.5. The molecular formula is C26H27N5O3S. The molecule has 2 aromatic heterocycles. The number of hydrogen-bond acceptors (Lipinski definition) is 7. The van der Waals surface area contributed by atoms with Gasteiger partial charge in [-0.25, -0.2) is 0 Å². The summed E-state index contributed by atoms with van der Waals surface area (Å²) >= 11 is 1.36. The van der Waals surface area contributed by atoms with Gasteiger partial charge in [0.05, 0.1) is 19.5 Å². The minimum absolute atomic E-state index is 0.103. The highest BCUT2D eigenvalue weighted by Crippen LogP contribution is 2.31. The van der Waals surface area contributed by atoms with Crippen LogP contribution < -0.4 is 14.8 Å². The Morgan fingerprint density at radius 3 is 2.40 bits per heavy atom. The van der Waals surface area contributed by atoms with E-state index in [9.17, 15) is 4.79 Å². The maximum atomic E-state index is 12.9. The third-order valence-corrected chi connectivity index (χ3v) is 6.47. The van der Waals surface area contributed by atoms with E-state index in [1.807, 2.05) is 73.0 Å². The number of carbonyl (C=O) groups is 1. The number of ether oxygens (including phenoxy) is 2. The van der Waals surface area contributed by atoms with E-state index in [-0.39, 0.29) is 5.91 Å². The van der Waals surface area contributed by atoms with E-state index in [1.54, 1.807) is 26.6 Å². The third-order valence-electron chi connectivity index (χ3n) is 5.43. The zero-order chi connectivity index (χ0) is 24.8. The van der Waals surface area contributed by atoms with Crippen LogP contribution in [0.3, 0.4) is 0 Å². The van der Waals surface area contributed by atoms with Crippen LogP contribution >= 0.6 is 11.8 Å².